The number of aromatic nitrogens is 2. The van der Waals surface area contributed by atoms with E-state index in [9.17, 15) is 9.59 Å². The van der Waals surface area contributed by atoms with Crippen molar-refractivity contribution < 1.29 is 14.0 Å². The van der Waals surface area contributed by atoms with E-state index >= 15 is 0 Å². The first-order valence-electron chi connectivity index (χ1n) is 9.42. The number of carbonyl (C=O) groups excluding carboxylic acids is 2. The molecule has 142 valence electrons. The number of rotatable bonds is 3. The van der Waals surface area contributed by atoms with Crippen molar-refractivity contribution in [3.63, 3.8) is 0 Å². The summed E-state index contributed by atoms with van der Waals surface area (Å²) in [6.45, 7) is 3.96. The molecule has 2 aliphatic heterocycles. The molecule has 0 unspecified atom stereocenters. The van der Waals surface area contributed by atoms with Gasteiger partial charge in [0.15, 0.2) is 5.76 Å². The predicted octanol–water partition coefficient (Wildman–Crippen LogP) is 1.66. The number of piperazine rings is 1. The number of likely N-dealkylation sites (tertiary alicyclic amines) is 1. The highest BCUT2D eigenvalue weighted by atomic mass is 16.3. The van der Waals surface area contributed by atoms with Gasteiger partial charge in [-0.1, -0.05) is 0 Å². The molecule has 0 N–H and O–H groups in total. The summed E-state index contributed by atoms with van der Waals surface area (Å²) in [4.78, 5) is 39.5. The molecule has 2 amide bonds. The van der Waals surface area contributed by atoms with Crippen LogP contribution in [0.5, 0.6) is 0 Å². The highest BCUT2D eigenvalue weighted by Crippen LogP contribution is 2.16. The maximum atomic E-state index is 12.7. The Kier molecular flexibility index (Phi) is 5.04. The smallest absolute Gasteiger partial charge is 0.289 e. The number of hydrogen-bond acceptors (Lipinski definition) is 6. The van der Waals surface area contributed by atoms with Crippen molar-refractivity contribution in [2.75, 3.05) is 44.2 Å². The van der Waals surface area contributed by atoms with Gasteiger partial charge in [0.1, 0.15) is 5.69 Å². The van der Waals surface area contributed by atoms with Gasteiger partial charge in [0.2, 0.25) is 5.95 Å². The van der Waals surface area contributed by atoms with Gasteiger partial charge in [0.25, 0.3) is 11.8 Å². The minimum Gasteiger partial charge on any atom is -0.459 e. The fraction of sp³-hybridized carbons (Fsp3) is 0.474. The molecule has 8 heteroatoms. The average Bonchev–Trinajstić information content (AvgIpc) is 3.28. The number of amides is 2. The molecule has 4 rings (SSSR count). The van der Waals surface area contributed by atoms with E-state index in [2.05, 4.69) is 9.97 Å². The normalized spacial score (nSPS) is 17.9. The lowest BCUT2D eigenvalue weighted by molar-refractivity contribution is 0.0712. The van der Waals surface area contributed by atoms with Crippen LogP contribution in [0.2, 0.25) is 0 Å². The van der Waals surface area contributed by atoms with Gasteiger partial charge in [-0.2, -0.15) is 0 Å². The molecule has 0 bridgehead atoms. The molecule has 0 saturated carbocycles. The zero-order valence-corrected chi connectivity index (χ0v) is 15.2. The molecule has 8 nitrogen and oxygen atoms in total. The Labute approximate surface area is 157 Å². The lowest BCUT2D eigenvalue weighted by atomic mass is 10.1. The second kappa shape index (κ2) is 7.77. The van der Waals surface area contributed by atoms with Crippen molar-refractivity contribution >= 4 is 17.8 Å². The minimum atomic E-state index is -0.102. The average molecular weight is 369 g/mol. The fourth-order valence-electron chi connectivity index (χ4n) is 3.54. The molecule has 2 aromatic heterocycles. The molecule has 2 fully saturated rings. The van der Waals surface area contributed by atoms with Crippen LogP contribution in [0.15, 0.2) is 35.1 Å². The Morgan fingerprint density at radius 3 is 2.33 bits per heavy atom. The van der Waals surface area contributed by atoms with Crippen LogP contribution >= 0.6 is 0 Å². The summed E-state index contributed by atoms with van der Waals surface area (Å²) in [5.74, 6) is 0.774. The van der Waals surface area contributed by atoms with Gasteiger partial charge in [-0.25, -0.2) is 9.97 Å². The fourth-order valence-corrected chi connectivity index (χ4v) is 3.54. The van der Waals surface area contributed by atoms with E-state index in [4.69, 9.17) is 4.42 Å². The lowest BCUT2D eigenvalue weighted by Gasteiger charge is -2.34. The number of nitrogens with zero attached hydrogens (tertiary/aromatic N) is 5. The van der Waals surface area contributed by atoms with Gasteiger partial charge < -0.3 is 19.1 Å². The number of carbonyl (C=O) groups is 2. The Hall–Kier alpha value is -2.90. The van der Waals surface area contributed by atoms with Gasteiger partial charge in [-0.3, -0.25) is 9.59 Å². The molecule has 2 saturated heterocycles. The van der Waals surface area contributed by atoms with E-state index < -0.39 is 0 Å². The molecule has 4 heterocycles. The first kappa shape index (κ1) is 17.5. The van der Waals surface area contributed by atoms with E-state index in [0.29, 0.717) is 43.6 Å². The Morgan fingerprint density at radius 2 is 1.63 bits per heavy atom. The minimum absolute atomic E-state index is 0.0232. The largest absolute Gasteiger partial charge is 0.459 e. The highest BCUT2D eigenvalue weighted by Gasteiger charge is 2.26. The van der Waals surface area contributed by atoms with Gasteiger partial charge in [-0.05, 0) is 37.5 Å². The van der Waals surface area contributed by atoms with Gasteiger partial charge in [0, 0.05) is 45.5 Å². The zero-order chi connectivity index (χ0) is 18.6. The molecule has 2 aromatic rings. The van der Waals surface area contributed by atoms with Gasteiger partial charge in [-0.15, -0.1) is 0 Å². The summed E-state index contributed by atoms with van der Waals surface area (Å²) in [6, 6.07) is 5.06. The van der Waals surface area contributed by atoms with Crippen LogP contribution in [0.25, 0.3) is 0 Å². The number of hydrogen-bond donors (Lipinski definition) is 0. The number of piperidine rings is 1. The number of anilines is 1. The maximum Gasteiger partial charge on any atom is 0.289 e. The molecule has 0 spiro atoms. The monoisotopic (exact) mass is 369 g/mol. The van der Waals surface area contributed by atoms with Crippen molar-refractivity contribution in [1.82, 2.24) is 19.8 Å². The summed E-state index contributed by atoms with van der Waals surface area (Å²) in [7, 11) is 0. The van der Waals surface area contributed by atoms with Crippen LogP contribution < -0.4 is 4.90 Å². The van der Waals surface area contributed by atoms with E-state index in [0.717, 1.165) is 25.9 Å². The van der Waals surface area contributed by atoms with Crippen molar-refractivity contribution in [1.29, 1.82) is 0 Å². The van der Waals surface area contributed by atoms with E-state index in [1.165, 1.54) is 12.7 Å². The molecule has 0 radical (unpaired) electrons. The summed E-state index contributed by atoms with van der Waals surface area (Å²) in [5.41, 5.74) is 0.441. The standard InChI is InChI=1S/C19H23N5O3/c25-17(22-8-2-1-3-9-22)15-6-7-20-19(21-15)24-12-10-23(11-13-24)18(26)16-5-4-14-27-16/h4-7,14H,1-3,8-13H2. The molecule has 0 aliphatic carbocycles. The van der Waals surface area contributed by atoms with Crippen LogP contribution in [0.4, 0.5) is 5.95 Å². The second-order valence-electron chi connectivity index (χ2n) is 6.85. The van der Waals surface area contributed by atoms with Crippen LogP contribution in [-0.2, 0) is 0 Å². The predicted molar refractivity (Wildman–Crippen MR) is 98.6 cm³/mol. The SMILES string of the molecule is O=C(c1ccnc(N2CCN(C(=O)c3ccco3)CC2)n1)N1CCCCC1. The van der Waals surface area contributed by atoms with Crippen molar-refractivity contribution in [2.45, 2.75) is 19.3 Å². The third-order valence-electron chi connectivity index (χ3n) is 5.09. The van der Waals surface area contributed by atoms with E-state index in [1.54, 1.807) is 29.3 Å². The van der Waals surface area contributed by atoms with E-state index in [-0.39, 0.29) is 11.8 Å². The lowest BCUT2D eigenvalue weighted by Crippen LogP contribution is -2.49. The summed E-state index contributed by atoms with van der Waals surface area (Å²) in [6.07, 6.45) is 6.42. The van der Waals surface area contributed by atoms with Gasteiger partial charge >= 0.3 is 0 Å². The van der Waals surface area contributed by atoms with Crippen molar-refractivity contribution in [3.8, 4) is 0 Å². The molecular formula is C19H23N5O3. The topological polar surface area (TPSA) is 82.8 Å². The van der Waals surface area contributed by atoms with Crippen LogP contribution in [0.3, 0.4) is 0 Å². The quantitative estimate of drug-likeness (QED) is 0.818. The zero-order valence-electron chi connectivity index (χ0n) is 15.2. The molecule has 0 atom stereocenters. The molecule has 2 aliphatic rings. The summed E-state index contributed by atoms with van der Waals surface area (Å²) < 4.78 is 5.19. The molecule has 27 heavy (non-hydrogen) atoms. The summed E-state index contributed by atoms with van der Waals surface area (Å²) in [5, 5.41) is 0. The van der Waals surface area contributed by atoms with Crippen LogP contribution in [0, 0.1) is 0 Å². The molecule has 0 aromatic carbocycles. The third kappa shape index (κ3) is 3.79. The van der Waals surface area contributed by atoms with Crippen molar-refractivity contribution in [3.05, 3.63) is 42.1 Å². The summed E-state index contributed by atoms with van der Waals surface area (Å²) >= 11 is 0. The van der Waals surface area contributed by atoms with Crippen molar-refractivity contribution in [2.24, 2.45) is 0 Å². The Bertz CT molecular complexity index is 793. The van der Waals surface area contributed by atoms with Crippen LogP contribution in [0.1, 0.15) is 40.3 Å². The Morgan fingerprint density at radius 1 is 0.889 bits per heavy atom. The Balaban J connectivity index is 1.40. The first-order chi connectivity index (χ1) is 13.2. The molecular weight excluding hydrogens is 346 g/mol. The highest BCUT2D eigenvalue weighted by molar-refractivity contribution is 5.92. The van der Waals surface area contributed by atoms with E-state index in [1.807, 2.05) is 9.80 Å². The maximum absolute atomic E-state index is 12.7. The van der Waals surface area contributed by atoms with Gasteiger partial charge in [0.05, 0.1) is 6.26 Å². The van der Waals surface area contributed by atoms with Crippen LogP contribution in [-0.4, -0.2) is 70.9 Å². The third-order valence-corrected chi connectivity index (χ3v) is 5.09. The first-order valence-corrected chi connectivity index (χ1v) is 9.42. The number of furan rings is 1. The second-order valence-corrected chi connectivity index (χ2v) is 6.85.